The number of carbonyl (C=O) groups excluding carboxylic acids is 2. The first-order valence-electron chi connectivity index (χ1n) is 6.97. The third-order valence-corrected chi connectivity index (χ3v) is 4.35. The lowest BCUT2D eigenvalue weighted by Crippen LogP contribution is -2.26. The summed E-state index contributed by atoms with van der Waals surface area (Å²) >= 11 is 1.06. The molecule has 0 aliphatic carbocycles. The number of carbonyl (C=O) groups is 2. The first-order chi connectivity index (χ1) is 11.0. The van der Waals surface area contributed by atoms with Gasteiger partial charge in [0.25, 0.3) is 11.5 Å². The SMILES string of the molecule is CCOCCOC(=O)Cn1cnc2sc(C(N)=O)c(C)c2c1=O. The van der Waals surface area contributed by atoms with Crippen LogP contribution in [0, 0.1) is 6.92 Å². The summed E-state index contributed by atoms with van der Waals surface area (Å²) in [6.45, 7) is 4.19. The van der Waals surface area contributed by atoms with E-state index in [9.17, 15) is 14.4 Å². The number of thiophene rings is 1. The van der Waals surface area contributed by atoms with E-state index in [4.69, 9.17) is 15.2 Å². The van der Waals surface area contributed by atoms with E-state index < -0.39 is 17.4 Å². The van der Waals surface area contributed by atoms with Crippen molar-refractivity contribution >= 4 is 33.4 Å². The van der Waals surface area contributed by atoms with Crippen LogP contribution < -0.4 is 11.3 Å². The molecule has 2 rings (SSSR count). The molecule has 124 valence electrons. The van der Waals surface area contributed by atoms with E-state index in [2.05, 4.69) is 4.98 Å². The molecule has 0 aliphatic rings. The number of primary amides is 1. The molecule has 2 aromatic rings. The van der Waals surface area contributed by atoms with Crippen molar-refractivity contribution in [1.29, 1.82) is 0 Å². The zero-order valence-electron chi connectivity index (χ0n) is 12.8. The molecule has 0 saturated heterocycles. The molecular formula is C14H17N3O5S. The van der Waals surface area contributed by atoms with Crippen LogP contribution >= 0.6 is 11.3 Å². The molecule has 0 saturated carbocycles. The van der Waals surface area contributed by atoms with Crippen molar-refractivity contribution in [3.8, 4) is 0 Å². The summed E-state index contributed by atoms with van der Waals surface area (Å²) in [5.41, 5.74) is 5.35. The van der Waals surface area contributed by atoms with Crippen molar-refractivity contribution in [2.24, 2.45) is 5.73 Å². The predicted octanol–water partition coefficient (Wildman–Crippen LogP) is 0.445. The summed E-state index contributed by atoms with van der Waals surface area (Å²) in [5.74, 6) is -1.16. The largest absolute Gasteiger partial charge is 0.462 e. The number of aryl methyl sites for hydroxylation is 1. The van der Waals surface area contributed by atoms with Crippen LogP contribution in [0.5, 0.6) is 0 Å². The Labute approximate surface area is 135 Å². The summed E-state index contributed by atoms with van der Waals surface area (Å²) < 4.78 is 11.2. The van der Waals surface area contributed by atoms with E-state index in [1.165, 1.54) is 6.33 Å². The lowest BCUT2D eigenvalue weighted by Gasteiger charge is -2.07. The fourth-order valence-electron chi connectivity index (χ4n) is 2.05. The molecule has 9 heteroatoms. The zero-order valence-corrected chi connectivity index (χ0v) is 13.6. The van der Waals surface area contributed by atoms with Gasteiger partial charge in [0.05, 0.1) is 23.2 Å². The van der Waals surface area contributed by atoms with Gasteiger partial charge in [-0.1, -0.05) is 0 Å². The molecule has 2 heterocycles. The summed E-state index contributed by atoms with van der Waals surface area (Å²) in [5, 5.41) is 0.299. The normalized spacial score (nSPS) is 10.9. The van der Waals surface area contributed by atoms with Gasteiger partial charge in [-0.15, -0.1) is 11.3 Å². The lowest BCUT2D eigenvalue weighted by atomic mass is 10.2. The fraction of sp³-hybridized carbons (Fsp3) is 0.429. The second kappa shape index (κ2) is 7.34. The summed E-state index contributed by atoms with van der Waals surface area (Å²) in [7, 11) is 0. The Morgan fingerprint density at radius 3 is 2.78 bits per heavy atom. The van der Waals surface area contributed by atoms with Crippen LogP contribution in [-0.2, 0) is 20.8 Å². The topological polar surface area (TPSA) is 114 Å². The van der Waals surface area contributed by atoms with Crippen molar-refractivity contribution in [2.45, 2.75) is 20.4 Å². The number of rotatable bonds is 7. The van der Waals surface area contributed by atoms with Crippen LogP contribution in [0.2, 0.25) is 0 Å². The molecule has 0 atom stereocenters. The smallest absolute Gasteiger partial charge is 0.326 e. The number of fused-ring (bicyclic) bond motifs is 1. The molecule has 1 amide bonds. The standard InChI is InChI=1S/C14H17N3O5S/c1-3-21-4-5-22-9(18)6-17-7-16-13-10(14(17)20)8(2)11(23-13)12(15)19/h7H,3-6H2,1-2H3,(H2,15,19). The predicted molar refractivity (Wildman–Crippen MR) is 84.6 cm³/mol. The third-order valence-electron chi connectivity index (χ3n) is 3.14. The van der Waals surface area contributed by atoms with E-state index in [0.29, 0.717) is 33.9 Å². The molecule has 0 aliphatic heterocycles. The second-order valence-corrected chi connectivity index (χ2v) is 5.69. The van der Waals surface area contributed by atoms with Crippen molar-refractivity contribution in [3.05, 3.63) is 27.1 Å². The molecule has 0 fully saturated rings. The van der Waals surface area contributed by atoms with Crippen LogP contribution in [0.15, 0.2) is 11.1 Å². The number of nitrogens with two attached hydrogens (primary N) is 1. The summed E-state index contributed by atoms with van der Waals surface area (Å²) in [6, 6.07) is 0. The van der Waals surface area contributed by atoms with Gasteiger partial charge >= 0.3 is 5.97 Å². The van der Waals surface area contributed by atoms with Crippen molar-refractivity contribution in [1.82, 2.24) is 9.55 Å². The molecule has 0 aromatic carbocycles. The summed E-state index contributed by atoms with van der Waals surface area (Å²) in [4.78, 5) is 40.3. The molecule has 0 bridgehead atoms. The lowest BCUT2D eigenvalue weighted by molar-refractivity contribution is -0.145. The maximum Gasteiger partial charge on any atom is 0.326 e. The van der Waals surface area contributed by atoms with Crippen LogP contribution in [0.4, 0.5) is 0 Å². The van der Waals surface area contributed by atoms with E-state index in [0.717, 1.165) is 15.9 Å². The van der Waals surface area contributed by atoms with Gasteiger partial charge in [0, 0.05) is 6.61 Å². The number of aromatic nitrogens is 2. The molecule has 0 unspecified atom stereocenters. The average molecular weight is 339 g/mol. The van der Waals surface area contributed by atoms with Crippen LogP contribution in [0.1, 0.15) is 22.2 Å². The number of hydrogen-bond donors (Lipinski definition) is 1. The Morgan fingerprint density at radius 2 is 2.13 bits per heavy atom. The Kier molecular flexibility index (Phi) is 5.45. The minimum Gasteiger partial charge on any atom is -0.462 e. The average Bonchev–Trinajstić information content (AvgIpc) is 2.84. The number of amides is 1. The minimum absolute atomic E-state index is 0.125. The van der Waals surface area contributed by atoms with Crippen LogP contribution in [0.25, 0.3) is 10.2 Å². The molecule has 23 heavy (non-hydrogen) atoms. The number of ether oxygens (including phenoxy) is 2. The maximum absolute atomic E-state index is 12.4. The molecule has 2 aromatic heterocycles. The van der Waals surface area contributed by atoms with Gasteiger partial charge in [-0.2, -0.15) is 0 Å². The second-order valence-electron chi connectivity index (χ2n) is 4.70. The molecule has 0 radical (unpaired) electrons. The molecule has 8 nitrogen and oxygen atoms in total. The quantitative estimate of drug-likeness (QED) is 0.578. The van der Waals surface area contributed by atoms with E-state index >= 15 is 0 Å². The van der Waals surface area contributed by atoms with Gasteiger partial charge in [0.2, 0.25) is 0 Å². The van der Waals surface area contributed by atoms with Crippen LogP contribution in [0.3, 0.4) is 0 Å². The van der Waals surface area contributed by atoms with Gasteiger partial charge in [-0.25, -0.2) is 4.98 Å². The van der Waals surface area contributed by atoms with Crippen molar-refractivity contribution < 1.29 is 19.1 Å². The Hall–Kier alpha value is -2.26. The van der Waals surface area contributed by atoms with Crippen LogP contribution in [-0.4, -0.2) is 41.2 Å². The maximum atomic E-state index is 12.4. The van der Waals surface area contributed by atoms with Gasteiger partial charge < -0.3 is 15.2 Å². The highest BCUT2D eigenvalue weighted by Gasteiger charge is 2.18. The van der Waals surface area contributed by atoms with E-state index in [-0.39, 0.29) is 13.2 Å². The van der Waals surface area contributed by atoms with Gasteiger partial charge in [0.15, 0.2) is 0 Å². The Morgan fingerprint density at radius 1 is 1.39 bits per heavy atom. The number of hydrogen-bond acceptors (Lipinski definition) is 7. The molecule has 0 spiro atoms. The zero-order chi connectivity index (χ0) is 17.0. The molecule has 2 N–H and O–H groups in total. The van der Waals surface area contributed by atoms with E-state index in [1.54, 1.807) is 6.92 Å². The fourth-order valence-corrected chi connectivity index (χ4v) is 3.04. The molecular weight excluding hydrogens is 322 g/mol. The monoisotopic (exact) mass is 339 g/mol. The Balaban J connectivity index is 2.21. The van der Waals surface area contributed by atoms with Crippen molar-refractivity contribution in [3.63, 3.8) is 0 Å². The highest BCUT2D eigenvalue weighted by Crippen LogP contribution is 2.26. The van der Waals surface area contributed by atoms with Gasteiger partial charge in [-0.05, 0) is 19.4 Å². The van der Waals surface area contributed by atoms with Gasteiger partial charge in [0.1, 0.15) is 18.0 Å². The summed E-state index contributed by atoms with van der Waals surface area (Å²) in [6.07, 6.45) is 1.26. The highest BCUT2D eigenvalue weighted by molar-refractivity contribution is 7.20. The highest BCUT2D eigenvalue weighted by atomic mass is 32.1. The van der Waals surface area contributed by atoms with Crippen molar-refractivity contribution in [2.75, 3.05) is 19.8 Å². The number of nitrogens with zero attached hydrogens (tertiary/aromatic N) is 2. The van der Waals surface area contributed by atoms with E-state index in [1.807, 2.05) is 6.92 Å². The Bertz CT molecular complexity index is 796. The third kappa shape index (κ3) is 3.74. The minimum atomic E-state index is -0.605. The first-order valence-corrected chi connectivity index (χ1v) is 7.79. The van der Waals surface area contributed by atoms with Gasteiger partial charge in [-0.3, -0.25) is 19.0 Å². The number of esters is 1. The first kappa shape index (κ1) is 17.1.